The third-order valence-electron chi connectivity index (χ3n) is 3.51. The fourth-order valence-corrected chi connectivity index (χ4v) is 3.01. The fourth-order valence-electron chi connectivity index (χ4n) is 3.01. The fraction of sp³-hybridized carbons (Fsp3) is 1.00. The first-order valence-corrected chi connectivity index (χ1v) is 4.98. The van der Waals surface area contributed by atoms with Crippen LogP contribution in [0.4, 0.5) is 8.78 Å². The Kier molecular flexibility index (Phi) is 1.92. The van der Waals surface area contributed by atoms with Crippen LogP contribution in [0.1, 0.15) is 39.0 Å². The van der Waals surface area contributed by atoms with Gasteiger partial charge in [0.1, 0.15) is 0 Å². The molecule has 2 fully saturated rings. The van der Waals surface area contributed by atoms with Crippen LogP contribution in [0.2, 0.25) is 0 Å². The van der Waals surface area contributed by atoms with Crippen LogP contribution < -0.4 is 0 Å². The highest BCUT2D eigenvalue weighted by Gasteiger charge is 2.49. The number of alkyl halides is 2. The molecule has 0 aromatic rings. The average Bonchev–Trinajstić information content (AvgIpc) is 2.20. The van der Waals surface area contributed by atoms with Gasteiger partial charge in [0.25, 0.3) is 0 Å². The normalized spacial score (nSPS) is 48.9. The summed E-state index contributed by atoms with van der Waals surface area (Å²) in [5.74, 6) is -2.07. The summed E-state index contributed by atoms with van der Waals surface area (Å²) in [6.07, 6.45) is 1.88. The quantitative estimate of drug-likeness (QED) is 0.622. The molecule has 76 valence electrons. The van der Waals surface area contributed by atoms with Gasteiger partial charge in [-0.3, -0.25) is 0 Å². The van der Waals surface area contributed by atoms with Crippen molar-refractivity contribution in [1.29, 1.82) is 0 Å². The van der Waals surface area contributed by atoms with Crippen molar-refractivity contribution in [3.05, 3.63) is 0 Å². The lowest BCUT2D eigenvalue weighted by molar-refractivity contribution is -0.0637. The van der Waals surface area contributed by atoms with Gasteiger partial charge in [-0.2, -0.15) is 0 Å². The molecular weight excluding hydrogens is 174 g/mol. The summed E-state index contributed by atoms with van der Waals surface area (Å²) < 4.78 is 26.0. The SMILES string of the molecule is CC1(O)CC2CCC(F)(F)CC2C1. The van der Waals surface area contributed by atoms with E-state index in [0.717, 1.165) is 0 Å². The summed E-state index contributed by atoms with van der Waals surface area (Å²) in [7, 11) is 0. The van der Waals surface area contributed by atoms with Gasteiger partial charge in [-0.25, -0.2) is 8.78 Å². The maximum Gasteiger partial charge on any atom is 0.248 e. The molecule has 3 unspecified atom stereocenters. The minimum Gasteiger partial charge on any atom is -0.390 e. The molecule has 0 bridgehead atoms. The van der Waals surface area contributed by atoms with Crippen molar-refractivity contribution in [3.8, 4) is 0 Å². The highest BCUT2D eigenvalue weighted by atomic mass is 19.3. The van der Waals surface area contributed by atoms with E-state index in [1.807, 2.05) is 0 Å². The number of aliphatic hydroxyl groups is 1. The van der Waals surface area contributed by atoms with Gasteiger partial charge in [-0.05, 0) is 38.0 Å². The van der Waals surface area contributed by atoms with Gasteiger partial charge < -0.3 is 5.11 Å². The summed E-state index contributed by atoms with van der Waals surface area (Å²) in [5.41, 5.74) is -0.685. The van der Waals surface area contributed by atoms with Gasteiger partial charge >= 0.3 is 0 Å². The second-order valence-electron chi connectivity index (χ2n) is 5.02. The highest BCUT2D eigenvalue weighted by Crippen LogP contribution is 2.51. The first-order valence-electron chi connectivity index (χ1n) is 4.98. The Balaban J connectivity index is 2.06. The summed E-state index contributed by atoms with van der Waals surface area (Å²) in [4.78, 5) is 0. The Hall–Kier alpha value is -0.180. The van der Waals surface area contributed by atoms with Crippen LogP contribution in [0, 0.1) is 11.8 Å². The molecular formula is C10H16F2O. The third-order valence-corrected chi connectivity index (χ3v) is 3.51. The van der Waals surface area contributed by atoms with Crippen LogP contribution >= 0.6 is 0 Å². The van der Waals surface area contributed by atoms with E-state index in [2.05, 4.69) is 0 Å². The molecule has 0 radical (unpaired) electrons. The maximum absolute atomic E-state index is 13.0. The van der Waals surface area contributed by atoms with Gasteiger partial charge in [0, 0.05) is 12.8 Å². The number of rotatable bonds is 0. The molecule has 13 heavy (non-hydrogen) atoms. The topological polar surface area (TPSA) is 20.2 Å². The van der Waals surface area contributed by atoms with E-state index in [1.54, 1.807) is 6.92 Å². The smallest absolute Gasteiger partial charge is 0.248 e. The number of hydrogen-bond donors (Lipinski definition) is 1. The largest absolute Gasteiger partial charge is 0.390 e. The van der Waals surface area contributed by atoms with Crippen LogP contribution in [-0.2, 0) is 0 Å². The van der Waals surface area contributed by atoms with E-state index in [0.29, 0.717) is 25.2 Å². The Labute approximate surface area is 77.1 Å². The average molecular weight is 190 g/mol. The maximum atomic E-state index is 13.0. The van der Waals surface area contributed by atoms with Crippen LogP contribution in [0.15, 0.2) is 0 Å². The lowest BCUT2D eigenvalue weighted by atomic mass is 9.80. The highest BCUT2D eigenvalue weighted by molar-refractivity contribution is 4.96. The molecule has 0 amide bonds. The van der Waals surface area contributed by atoms with E-state index < -0.39 is 11.5 Å². The molecule has 2 rings (SSSR count). The van der Waals surface area contributed by atoms with Gasteiger partial charge in [0.05, 0.1) is 5.60 Å². The molecule has 3 atom stereocenters. The molecule has 1 nitrogen and oxygen atoms in total. The molecule has 0 heterocycles. The van der Waals surface area contributed by atoms with Crippen LogP contribution in [0.5, 0.6) is 0 Å². The lowest BCUT2D eigenvalue weighted by Crippen LogP contribution is -2.29. The molecule has 0 aromatic heterocycles. The molecule has 1 N–H and O–H groups in total. The van der Waals surface area contributed by atoms with E-state index in [-0.39, 0.29) is 18.8 Å². The molecule has 0 spiro atoms. The molecule has 2 aliphatic carbocycles. The predicted molar refractivity (Wildman–Crippen MR) is 45.6 cm³/mol. The Morgan fingerprint density at radius 1 is 1.15 bits per heavy atom. The van der Waals surface area contributed by atoms with Gasteiger partial charge in [0.15, 0.2) is 0 Å². The Morgan fingerprint density at radius 3 is 2.46 bits per heavy atom. The van der Waals surface area contributed by atoms with Gasteiger partial charge in [-0.15, -0.1) is 0 Å². The van der Waals surface area contributed by atoms with E-state index >= 15 is 0 Å². The van der Waals surface area contributed by atoms with Crippen LogP contribution in [0.25, 0.3) is 0 Å². The van der Waals surface area contributed by atoms with E-state index in [1.165, 1.54) is 0 Å². The first-order chi connectivity index (χ1) is 5.88. The molecule has 0 aromatic carbocycles. The molecule has 0 saturated heterocycles. The standard InChI is InChI=1S/C10H16F2O/c1-9(13)4-7-2-3-10(11,12)6-8(7)5-9/h7-8,13H,2-6H2,1H3. The molecule has 0 aliphatic heterocycles. The van der Waals surface area contributed by atoms with Crippen molar-refractivity contribution in [2.24, 2.45) is 11.8 Å². The van der Waals surface area contributed by atoms with Crippen LogP contribution in [0.3, 0.4) is 0 Å². The lowest BCUT2D eigenvalue weighted by Gasteiger charge is -2.31. The number of hydrogen-bond acceptors (Lipinski definition) is 1. The van der Waals surface area contributed by atoms with Crippen molar-refractivity contribution < 1.29 is 13.9 Å². The van der Waals surface area contributed by atoms with E-state index in [4.69, 9.17) is 0 Å². The van der Waals surface area contributed by atoms with Crippen molar-refractivity contribution in [3.63, 3.8) is 0 Å². The van der Waals surface area contributed by atoms with Crippen molar-refractivity contribution in [2.45, 2.75) is 50.6 Å². The molecule has 2 saturated carbocycles. The van der Waals surface area contributed by atoms with E-state index in [9.17, 15) is 13.9 Å². The summed E-state index contributed by atoms with van der Waals surface area (Å²) in [6, 6.07) is 0. The Bertz CT molecular complexity index is 211. The van der Waals surface area contributed by atoms with Crippen molar-refractivity contribution in [1.82, 2.24) is 0 Å². The summed E-state index contributed by atoms with van der Waals surface area (Å²) in [5, 5.41) is 9.75. The zero-order valence-corrected chi connectivity index (χ0v) is 7.89. The summed E-state index contributed by atoms with van der Waals surface area (Å²) >= 11 is 0. The first kappa shape index (κ1) is 9.38. The Morgan fingerprint density at radius 2 is 1.77 bits per heavy atom. The van der Waals surface area contributed by atoms with Crippen molar-refractivity contribution >= 4 is 0 Å². The number of fused-ring (bicyclic) bond motifs is 1. The second-order valence-corrected chi connectivity index (χ2v) is 5.02. The molecule has 2 aliphatic rings. The zero-order valence-electron chi connectivity index (χ0n) is 7.89. The van der Waals surface area contributed by atoms with Gasteiger partial charge in [-0.1, -0.05) is 0 Å². The third kappa shape index (κ3) is 1.85. The van der Waals surface area contributed by atoms with Crippen molar-refractivity contribution in [2.75, 3.05) is 0 Å². The predicted octanol–water partition coefficient (Wildman–Crippen LogP) is 2.58. The molecule has 3 heteroatoms. The number of halogens is 2. The second kappa shape index (κ2) is 2.66. The van der Waals surface area contributed by atoms with Crippen LogP contribution in [-0.4, -0.2) is 16.6 Å². The summed E-state index contributed by atoms with van der Waals surface area (Å²) in [6.45, 7) is 1.77. The monoisotopic (exact) mass is 190 g/mol. The zero-order chi connectivity index (χ0) is 9.69. The van der Waals surface area contributed by atoms with Gasteiger partial charge in [0.2, 0.25) is 5.92 Å². The minimum absolute atomic E-state index is 0.00613. The minimum atomic E-state index is -2.47.